The van der Waals surface area contributed by atoms with Crippen molar-refractivity contribution in [1.82, 2.24) is 0 Å². The van der Waals surface area contributed by atoms with E-state index >= 15 is 0 Å². The molecule has 3 nitrogen and oxygen atoms in total. The van der Waals surface area contributed by atoms with E-state index in [2.05, 4.69) is 6.58 Å². The molecule has 17 heavy (non-hydrogen) atoms. The number of allylic oxidation sites excluding steroid dienone is 1. The van der Waals surface area contributed by atoms with Crippen LogP contribution in [-0.4, -0.2) is 5.11 Å². The molecule has 0 fully saturated rings. The topological polar surface area (TPSA) is 50.4 Å². The third kappa shape index (κ3) is 1.73. The van der Waals surface area contributed by atoms with Crippen molar-refractivity contribution in [2.24, 2.45) is 0 Å². The van der Waals surface area contributed by atoms with Gasteiger partial charge in [-0.2, -0.15) is 0 Å². The van der Waals surface area contributed by atoms with Gasteiger partial charge in [-0.25, -0.2) is 4.79 Å². The molecule has 0 aliphatic rings. The summed E-state index contributed by atoms with van der Waals surface area (Å²) in [5.74, 6) is -0.0262. The molecule has 0 aliphatic heterocycles. The summed E-state index contributed by atoms with van der Waals surface area (Å²) in [4.78, 5) is 11.9. The highest BCUT2D eigenvalue weighted by atomic mass is 16.4. The second-order valence-electron chi connectivity index (χ2n) is 4.54. The van der Waals surface area contributed by atoms with Crippen molar-refractivity contribution < 1.29 is 9.52 Å². The molecule has 88 valence electrons. The van der Waals surface area contributed by atoms with Crippen LogP contribution in [0.3, 0.4) is 0 Å². The van der Waals surface area contributed by atoms with Crippen molar-refractivity contribution in [2.75, 3.05) is 0 Å². The SMILES string of the molecule is C=CC(C)(C)c1c(O)c2ccccc2oc1=O. The molecule has 0 atom stereocenters. The lowest BCUT2D eigenvalue weighted by Gasteiger charge is -2.20. The van der Waals surface area contributed by atoms with Gasteiger partial charge in [0.25, 0.3) is 0 Å². The van der Waals surface area contributed by atoms with Gasteiger partial charge in [0.2, 0.25) is 0 Å². The molecule has 3 heteroatoms. The summed E-state index contributed by atoms with van der Waals surface area (Å²) in [5.41, 5.74) is -0.523. The highest BCUT2D eigenvalue weighted by Crippen LogP contribution is 2.34. The first-order valence-corrected chi connectivity index (χ1v) is 5.36. The molecule has 1 heterocycles. The molecule has 1 N–H and O–H groups in total. The molecule has 0 radical (unpaired) electrons. The Bertz CT molecular complexity index is 635. The van der Waals surface area contributed by atoms with E-state index in [-0.39, 0.29) is 11.3 Å². The summed E-state index contributed by atoms with van der Waals surface area (Å²) in [6.45, 7) is 7.29. The Labute approximate surface area is 99.0 Å². The standard InChI is InChI=1S/C14H14O3/c1-4-14(2,3)11-12(15)9-7-5-6-8-10(9)17-13(11)16/h4-8,15H,1H2,2-3H3. The average Bonchev–Trinajstić information content (AvgIpc) is 2.28. The minimum absolute atomic E-state index is 0.0262. The first-order chi connectivity index (χ1) is 7.97. The van der Waals surface area contributed by atoms with Crippen LogP contribution in [0.1, 0.15) is 19.4 Å². The minimum atomic E-state index is -0.630. The Morgan fingerprint density at radius 3 is 2.65 bits per heavy atom. The summed E-state index contributed by atoms with van der Waals surface area (Å²) in [7, 11) is 0. The predicted octanol–water partition coefficient (Wildman–Crippen LogP) is 2.96. The van der Waals surface area contributed by atoms with Gasteiger partial charge in [-0.3, -0.25) is 0 Å². The van der Waals surface area contributed by atoms with Crippen molar-refractivity contribution in [3.05, 3.63) is 52.9 Å². The highest BCUT2D eigenvalue weighted by molar-refractivity contribution is 5.84. The van der Waals surface area contributed by atoms with Gasteiger partial charge in [-0.15, -0.1) is 6.58 Å². The fourth-order valence-electron chi connectivity index (χ4n) is 1.80. The van der Waals surface area contributed by atoms with Crippen LogP contribution >= 0.6 is 0 Å². The summed E-state index contributed by atoms with van der Waals surface area (Å²) in [5, 5.41) is 10.7. The molecule has 0 unspecified atom stereocenters. The van der Waals surface area contributed by atoms with Crippen LogP contribution in [0.2, 0.25) is 0 Å². The van der Waals surface area contributed by atoms with Gasteiger partial charge in [0, 0.05) is 5.41 Å². The average molecular weight is 230 g/mol. The molecule has 2 rings (SSSR count). The molecule has 0 saturated carbocycles. The fourth-order valence-corrected chi connectivity index (χ4v) is 1.80. The van der Waals surface area contributed by atoms with E-state index in [1.807, 2.05) is 0 Å². The van der Waals surface area contributed by atoms with Crippen LogP contribution in [0, 0.1) is 0 Å². The zero-order chi connectivity index (χ0) is 12.6. The summed E-state index contributed by atoms with van der Waals surface area (Å²) >= 11 is 0. The molecule has 1 aromatic heterocycles. The molecule has 0 saturated heterocycles. The van der Waals surface area contributed by atoms with Gasteiger partial charge in [0.15, 0.2) is 0 Å². The number of benzene rings is 1. The Balaban J connectivity index is 2.91. The highest BCUT2D eigenvalue weighted by Gasteiger charge is 2.26. The van der Waals surface area contributed by atoms with Gasteiger partial charge < -0.3 is 9.52 Å². The van der Waals surface area contributed by atoms with Gasteiger partial charge in [0.1, 0.15) is 11.3 Å². The third-order valence-corrected chi connectivity index (χ3v) is 2.94. The molecular weight excluding hydrogens is 216 g/mol. The Hall–Kier alpha value is -2.03. The zero-order valence-electron chi connectivity index (χ0n) is 9.86. The second kappa shape index (κ2) is 3.77. The quantitative estimate of drug-likeness (QED) is 0.637. The lowest BCUT2D eigenvalue weighted by molar-refractivity contribution is 0.438. The second-order valence-corrected chi connectivity index (χ2v) is 4.54. The number of para-hydroxylation sites is 1. The molecular formula is C14H14O3. The maximum atomic E-state index is 11.9. The van der Waals surface area contributed by atoms with E-state index in [1.54, 1.807) is 44.2 Å². The lowest BCUT2D eigenvalue weighted by Crippen LogP contribution is -2.23. The normalized spacial score (nSPS) is 11.6. The monoisotopic (exact) mass is 230 g/mol. The van der Waals surface area contributed by atoms with E-state index in [9.17, 15) is 9.90 Å². The van der Waals surface area contributed by atoms with E-state index < -0.39 is 11.0 Å². The molecule has 0 amide bonds. The maximum absolute atomic E-state index is 11.9. The van der Waals surface area contributed by atoms with Crippen LogP contribution in [0.15, 0.2) is 46.1 Å². The fraction of sp³-hybridized carbons (Fsp3) is 0.214. The largest absolute Gasteiger partial charge is 0.507 e. The van der Waals surface area contributed by atoms with Crippen LogP contribution < -0.4 is 5.63 Å². The van der Waals surface area contributed by atoms with Crippen LogP contribution in [0.5, 0.6) is 5.75 Å². The number of hydrogen-bond acceptors (Lipinski definition) is 3. The van der Waals surface area contributed by atoms with Crippen molar-refractivity contribution >= 4 is 11.0 Å². The number of fused-ring (bicyclic) bond motifs is 1. The minimum Gasteiger partial charge on any atom is -0.507 e. The lowest BCUT2D eigenvalue weighted by atomic mass is 9.85. The third-order valence-electron chi connectivity index (χ3n) is 2.94. The van der Waals surface area contributed by atoms with Crippen molar-refractivity contribution in [3.63, 3.8) is 0 Å². The Morgan fingerprint density at radius 2 is 2.00 bits per heavy atom. The molecule has 0 bridgehead atoms. The number of hydrogen-bond donors (Lipinski definition) is 1. The number of aromatic hydroxyl groups is 1. The first-order valence-electron chi connectivity index (χ1n) is 5.36. The molecule has 1 aromatic carbocycles. The predicted molar refractivity (Wildman–Crippen MR) is 67.4 cm³/mol. The van der Waals surface area contributed by atoms with Crippen molar-refractivity contribution in [3.8, 4) is 5.75 Å². The van der Waals surface area contributed by atoms with Crippen molar-refractivity contribution in [1.29, 1.82) is 0 Å². The number of rotatable bonds is 2. The van der Waals surface area contributed by atoms with E-state index in [0.717, 1.165) is 0 Å². The zero-order valence-corrected chi connectivity index (χ0v) is 9.86. The summed E-state index contributed by atoms with van der Waals surface area (Å²) in [6, 6.07) is 6.91. The van der Waals surface area contributed by atoms with Crippen LogP contribution in [-0.2, 0) is 5.41 Å². The van der Waals surface area contributed by atoms with E-state index in [0.29, 0.717) is 11.0 Å². The van der Waals surface area contributed by atoms with E-state index in [1.165, 1.54) is 0 Å². The van der Waals surface area contributed by atoms with Crippen molar-refractivity contribution in [2.45, 2.75) is 19.3 Å². The molecule has 2 aromatic rings. The first kappa shape index (κ1) is 11.5. The van der Waals surface area contributed by atoms with Gasteiger partial charge >= 0.3 is 5.63 Å². The molecule has 0 aliphatic carbocycles. The molecule has 0 spiro atoms. The smallest absolute Gasteiger partial charge is 0.344 e. The summed E-state index contributed by atoms with van der Waals surface area (Å²) in [6.07, 6.45) is 1.62. The Morgan fingerprint density at radius 1 is 1.35 bits per heavy atom. The van der Waals surface area contributed by atoms with Gasteiger partial charge in [-0.05, 0) is 12.1 Å². The van der Waals surface area contributed by atoms with Crippen LogP contribution in [0.25, 0.3) is 11.0 Å². The van der Waals surface area contributed by atoms with Crippen LogP contribution in [0.4, 0.5) is 0 Å². The summed E-state index contributed by atoms with van der Waals surface area (Å²) < 4.78 is 5.20. The Kier molecular flexibility index (Phi) is 2.54. The maximum Gasteiger partial charge on any atom is 0.344 e. The van der Waals surface area contributed by atoms with Gasteiger partial charge in [0.05, 0.1) is 10.9 Å². The van der Waals surface area contributed by atoms with E-state index in [4.69, 9.17) is 4.42 Å². The van der Waals surface area contributed by atoms with Gasteiger partial charge in [-0.1, -0.05) is 32.1 Å².